The summed E-state index contributed by atoms with van der Waals surface area (Å²) in [6.45, 7) is 9.31. The van der Waals surface area contributed by atoms with Crippen molar-refractivity contribution < 1.29 is 14.5 Å². The first-order chi connectivity index (χ1) is 14.2. The second-order valence-electron chi connectivity index (χ2n) is 7.77. The summed E-state index contributed by atoms with van der Waals surface area (Å²) in [6.07, 6.45) is 0.860. The Hall–Kier alpha value is -2.08. The Morgan fingerprint density at radius 3 is 2.30 bits per heavy atom. The fourth-order valence-electron chi connectivity index (χ4n) is 3.36. The molecular formula is C23H30Cl2N3O2+. The summed E-state index contributed by atoms with van der Waals surface area (Å²) < 4.78 is 0. The van der Waals surface area contributed by atoms with Gasteiger partial charge in [-0.05, 0) is 48.6 Å². The summed E-state index contributed by atoms with van der Waals surface area (Å²) in [4.78, 5) is 26.2. The molecule has 2 amide bonds. The van der Waals surface area contributed by atoms with Gasteiger partial charge in [-0.25, -0.2) is 0 Å². The van der Waals surface area contributed by atoms with Gasteiger partial charge in [-0.15, -0.1) is 0 Å². The molecule has 0 aliphatic carbocycles. The molecular weight excluding hydrogens is 421 g/mol. The first kappa shape index (κ1) is 24.2. The van der Waals surface area contributed by atoms with Crippen LogP contribution in [0.4, 0.5) is 11.4 Å². The third kappa shape index (κ3) is 7.01. The molecule has 5 nitrogen and oxygen atoms in total. The average Bonchev–Trinajstić information content (AvgIpc) is 2.65. The minimum Gasteiger partial charge on any atom is -0.321 e. The van der Waals surface area contributed by atoms with Gasteiger partial charge in [0.15, 0.2) is 13.1 Å². The Balaban J connectivity index is 2.03. The molecule has 0 fully saturated rings. The number of para-hydroxylation sites is 1. The molecule has 0 radical (unpaired) electrons. The number of hydrogen-bond acceptors (Lipinski definition) is 2. The number of anilines is 2. The van der Waals surface area contributed by atoms with Crippen LogP contribution in [0.25, 0.3) is 0 Å². The van der Waals surface area contributed by atoms with E-state index >= 15 is 0 Å². The van der Waals surface area contributed by atoms with Gasteiger partial charge >= 0.3 is 0 Å². The van der Waals surface area contributed by atoms with Crippen LogP contribution in [0.1, 0.15) is 44.2 Å². The number of benzene rings is 2. The lowest BCUT2D eigenvalue weighted by Crippen LogP contribution is -3.14. The second kappa shape index (κ2) is 11.3. The lowest BCUT2D eigenvalue weighted by molar-refractivity contribution is -0.883. The molecule has 3 N–H and O–H groups in total. The number of nitrogens with one attached hydrogen (secondary N) is 3. The first-order valence-electron chi connectivity index (χ1n) is 10.2. The molecule has 0 aliphatic heterocycles. The number of carbonyl (C=O) groups is 2. The number of hydrogen-bond donors (Lipinski definition) is 3. The molecule has 0 saturated heterocycles. The Morgan fingerprint density at radius 2 is 1.70 bits per heavy atom. The van der Waals surface area contributed by atoms with E-state index in [-0.39, 0.29) is 24.9 Å². The number of carbonyl (C=O) groups excluding carboxylic acids is 2. The SMILES string of the molecule is CCC[NH+](CC(=O)Nc1ccc(Cl)cc1Cl)CC(=O)Nc1c(C)cccc1C(C)C. The van der Waals surface area contributed by atoms with Crippen molar-refractivity contribution in [3.63, 3.8) is 0 Å². The third-order valence-electron chi connectivity index (χ3n) is 4.82. The molecule has 30 heavy (non-hydrogen) atoms. The van der Waals surface area contributed by atoms with Crippen molar-refractivity contribution in [3.05, 3.63) is 57.6 Å². The van der Waals surface area contributed by atoms with Crippen molar-refractivity contribution in [1.82, 2.24) is 0 Å². The van der Waals surface area contributed by atoms with Crippen LogP contribution in [0, 0.1) is 6.92 Å². The highest BCUT2D eigenvalue weighted by atomic mass is 35.5. The second-order valence-corrected chi connectivity index (χ2v) is 8.61. The van der Waals surface area contributed by atoms with E-state index in [1.54, 1.807) is 18.2 Å². The molecule has 2 rings (SSSR count). The molecule has 2 aromatic rings. The van der Waals surface area contributed by atoms with Crippen molar-refractivity contribution in [2.45, 2.75) is 40.0 Å². The van der Waals surface area contributed by atoms with Gasteiger partial charge in [0.25, 0.3) is 11.8 Å². The van der Waals surface area contributed by atoms with Crippen molar-refractivity contribution in [3.8, 4) is 0 Å². The highest BCUT2D eigenvalue weighted by Gasteiger charge is 2.20. The monoisotopic (exact) mass is 450 g/mol. The molecule has 0 saturated carbocycles. The van der Waals surface area contributed by atoms with Gasteiger partial charge in [-0.1, -0.05) is 62.2 Å². The standard InChI is InChI=1S/C23H29Cl2N3O2/c1-5-11-28(13-21(29)26-20-10-9-17(24)12-19(20)25)14-22(30)27-23-16(4)7-6-8-18(23)15(2)3/h6-10,12,15H,5,11,13-14H2,1-4H3,(H,26,29)(H,27,30)/p+1. The van der Waals surface area contributed by atoms with Gasteiger partial charge in [0.1, 0.15) is 0 Å². The summed E-state index contributed by atoms with van der Waals surface area (Å²) in [5.74, 6) is -0.00426. The minimum atomic E-state index is -0.200. The van der Waals surface area contributed by atoms with E-state index in [0.29, 0.717) is 28.2 Å². The summed E-state index contributed by atoms with van der Waals surface area (Å²) in [5.41, 5.74) is 3.51. The normalized spacial score (nSPS) is 12.0. The van der Waals surface area contributed by atoms with Crippen LogP contribution in [0.5, 0.6) is 0 Å². The van der Waals surface area contributed by atoms with Crippen LogP contribution in [0.3, 0.4) is 0 Å². The van der Waals surface area contributed by atoms with Gasteiger partial charge in [-0.3, -0.25) is 9.59 Å². The highest BCUT2D eigenvalue weighted by molar-refractivity contribution is 6.36. The predicted molar refractivity (Wildman–Crippen MR) is 125 cm³/mol. The molecule has 2 aromatic carbocycles. The summed E-state index contributed by atoms with van der Waals surface area (Å²) in [7, 11) is 0. The number of quaternary nitrogens is 1. The molecule has 0 heterocycles. The van der Waals surface area contributed by atoms with Gasteiger partial charge < -0.3 is 15.5 Å². The zero-order chi connectivity index (χ0) is 22.3. The van der Waals surface area contributed by atoms with E-state index < -0.39 is 0 Å². The van der Waals surface area contributed by atoms with E-state index in [1.165, 1.54) is 0 Å². The van der Waals surface area contributed by atoms with Gasteiger partial charge in [0, 0.05) is 10.7 Å². The fourth-order valence-corrected chi connectivity index (χ4v) is 3.81. The lowest BCUT2D eigenvalue weighted by atomic mass is 9.98. The molecule has 0 spiro atoms. The quantitative estimate of drug-likeness (QED) is 0.533. The smallest absolute Gasteiger partial charge is 0.279 e. The number of amides is 2. The first-order valence-corrected chi connectivity index (χ1v) is 10.9. The zero-order valence-corrected chi connectivity index (χ0v) is 19.5. The Labute approximate surface area is 188 Å². The van der Waals surface area contributed by atoms with Gasteiger partial charge in [0.2, 0.25) is 0 Å². The maximum Gasteiger partial charge on any atom is 0.279 e. The van der Waals surface area contributed by atoms with Gasteiger partial charge in [-0.2, -0.15) is 0 Å². The van der Waals surface area contributed by atoms with Crippen molar-refractivity contribution in [2.24, 2.45) is 0 Å². The van der Waals surface area contributed by atoms with Crippen LogP contribution in [0.15, 0.2) is 36.4 Å². The summed E-state index contributed by atoms with van der Waals surface area (Å²) in [6, 6.07) is 10.9. The number of rotatable bonds is 9. The van der Waals surface area contributed by atoms with Crippen molar-refractivity contribution in [1.29, 1.82) is 0 Å². The molecule has 0 aromatic heterocycles. The molecule has 0 aliphatic rings. The van der Waals surface area contributed by atoms with Crippen LogP contribution in [-0.2, 0) is 9.59 Å². The maximum atomic E-state index is 12.8. The molecule has 0 bridgehead atoms. The predicted octanol–water partition coefficient (Wildman–Crippen LogP) is 4.30. The zero-order valence-electron chi connectivity index (χ0n) is 17.9. The van der Waals surface area contributed by atoms with Gasteiger partial charge in [0.05, 0.1) is 17.3 Å². The Bertz CT molecular complexity index is 900. The fraction of sp³-hybridized carbons (Fsp3) is 0.391. The molecule has 1 unspecified atom stereocenters. The van der Waals surface area contributed by atoms with E-state index in [9.17, 15) is 9.59 Å². The van der Waals surface area contributed by atoms with Crippen LogP contribution < -0.4 is 15.5 Å². The minimum absolute atomic E-state index is 0.105. The van der Waals surface area contributed by atoms with E-state index in [2.05, 4.69) is 24.5 Å². The molecule has 162 valence electrons. The van der Waals surface area contributed by atoms with E-state index in [0.717, 1.165) is 28.1 Å². The van der Waals surface area contributed by atoms with Crippen LogP contribution in [-0.4, -0.2) is 31.4 Å². The van der Waals surface area contributed by atoms with Crippen LogP contribution in [0.2, 0.25) is 10.0 Å². The van der Waals surface area contributed by atoms with Crippen LogP contribution >= 0.6 is 23.2 Å². The average molecular weight is 451 g/mol. The third-order valence-corrected chi connectivity index (χ3v) is 5.37. The summed E-state index contributed by atoms with van der Waals surface area (Å²) in [5, 5.41) is 6.75. The Morgan fingerprint density at radius 1 is 1.03 bits per heavy atom. The maximum absolute atomic E-state index is 12.8. The topological polar surface area (TPSA) is 62.6 Å². The lowest BCUT2D eigenvalue weighted by Gasteiger charge is -2.20. The number of halogens is 2. The van der Waals surface area contributed by atoms with Crippen molar-refractivity contribution >= 4 is 46.4 Å². The molecule has 7 heteroatoms. The Kier molecular flexibility index (Phi) is 9.15. The van der Waals surface area contributed by atoms with E-state index in [1.807, 2.05) is 32.0 Å². The van der Waals surface area contributed by atoms with Crippen molar-refractivity contribution in [2.75, 3.05) is 30.3 Å². The molecule has 1 atom stereocenters. The largest absolute Gasteiger partial charge is 0.321 e. The van der Waals surface area contributed by atoms with E-state index in [4.69, 9.17) is 23.2 Å². The summed E-state index contributed by atoms with van der Waals surface area (Å²) >= 11 is 12.0. The number of aryl methyl sites for hydroxylation is 1. The highest BCUT2D eigenvalue weighted by Crippen LogP contribution is 2.27.